The van der Waals surface area contributed by atoms with Gasteiger partial charge in [0.05, 0.1) is 17.6 Å². The summed E-state index contributed by atoms with van der Waals surface area (Å²) >= 11 is 0. The summed E-state index contributed by atoms with van der Waals surface area (Å²) in [5.74, 6) is 2.53. The van der Waals surface area contributed by atoms with Crippen LogP contribution in [0.2, 0.25) is 0 Å². The molecule has 0 aromatic heterocycles. The van der Waals surface area contributed by atoms with E-state index in [1.807, 2.05) is 36.4 Å². The van der Waals surface area contributed by atoms with Gasteiger partial charge in [0.2, 0.25) is 23.6 Å². The number of sulfone groups is 1. The predicted molar refractivity (Wildman–Crippen MR) is 571 cm³/mol. The molecule has 2 bridgehead atoms. The molecule has 5 unspecified atom stereocenters. The Hall–Kier alpha value is -6.98. The average molecular weight is 1930 g/mol. The molecule has 5 aromatic rings. The molecule has 5 atom stereocenters. The number of Topliss-reactive ketones (excluding diaryl/α,β-unsaturated/α-hetero) is 2. The largest absolute Gasteiger partial charge is 0.472 e. The number of nitrogens with one attached hydrogen (secondary N) is 4. The van der Waals surface area contributed by atoms with Crippen LogP contribution in [0.15, 0.2) is 132 Å². The Labute approximate surface area is 830 Å². The van der Waals surface area contributed by atoms with E-state index in [1.165, 1.54) is 170 Å². The van der Waals surface area contributed by atoms with Crippen molar-refractivity contribution in [3.63, 3.8) is 0 Å². The van der Waals surface area contributed by atoms with Gasteiger partial charge in [-0.1, -0.05) is 377 Å². The van der Waals surface area contributed by atoms with Crippen LogP contribution >= 0.6 is 7.82 Å². The monoisotopic (exact) mass is 1930 g/mol. The summed E-state index contributed by atoms with van der Waals surface area (Å²) in [6, 6.07) is 41.9. The van der Waals surface area contributed by atoms with Crippen LogP contribution in [0.4, 0.5) is 0 Å². The van der Waals surface area contributed by atoms with E-state index in [0.29, 0.717) is 91.4 Å². The summed E-state index contributed by atoms with van der Waals surface area (Å²) in [5, 5.41) is 13.7. The van der Waals surface area contributed by atoms with Gasteiger partial charge >= 0.3 is 14.0 Å². The number of phosphoric acid groups is 1. The smallest absolute Gasteiger partial charge is 0.356 e. The first-order valence-corrected chi connectivity index (χ1v) is 54.1. The lowest BCUT2D eigenvalue weighted by molar-refractivity contribution is -0.192. The Balaban J connectivity index is 0. The molecule has 4 saturated carbocycles. The van der Waals surface area contributed by atoms with Crippen molar-refractivity contribution in [2.75, 3.05) is 38.5 Å². The third-order valence-corrected chi connectivity index (χ3v) is 28.4. The summed E-state index contributed by atoms with van der Waals surface area (Å²) in [6.45, 7) is 42.5. The van der Waals surface area contributed by atoms with Gasteiger partial charge in [-0.05, 0) is 213 Å². The lowest BCUT2D eigenvalue weighted by Gasteiger charge is -2.47. The third kappa shape index (κ3) is 62.2. The maximum atomic E-state index is 12.5. The van der Waals surface area contributed by atoms with Gasteiger partial charge in [0.1, 0.15) is 17.3 Å². The minimum atomic E-state index is -4.15. The van der Waals surface area contributed by atoms with Crippen molar-refractivity contribution in [1.29, 1.82) is 0 Å². The third-order valence-electron chi connectivity index (χ3n) is 25.6. The van der Waals surface area contributed by atoms with Crippen molar-refractivity contribution in [3.8, 4) is 0 Å². The van der Waals surface area contributed by atoms with Gasteiger partial charge in [0.25, 0.3) is 0 Å². The number of hydrogen-bond donors (Lipinski definition) is 5. The molecule has 0 heterocycles. The van der Waals surface area contributed by atoms with Gasteiger partial charge < -0.3 is 26.2 Å². The van der Waals surface area contributed by atoms with Crippen LogP contribution in [0.25, 0.3) is 10.8 Å². The Kier molecular flexibility index (Phi) is 68.1. The van der Waals surface area contributed by atoms with Crippen molar-refractivity contribution in [2.45, 2.75) is 440 Å². The number of aryl methyl sites for hydroxylation is 2. The first-order chi connectivity index (χ1) is 62.3. The summed E-state index contributed by atoms with van der Waals surface area (Å²) in [4.78, 5) is 98.5. The van der Waals surface area contributed by atoms with Gasteiger partial charge in [-0.2, -0.15) is 9.59 Å². The second-order valence-corrected chi connectivity index (χ2v) is 47.3. The molecule has 0 aliphatic heterocycles. The van der Waals surface area contributed by atoms with Crippen LogP contribution in [0.3, 0.4) is 0 Å². The van der Waals surface area contributed by atoms with Gasteiger partial charge in [-0.3, -0.25) is 37.8 Å². The van der Waals surface area contributed by atoms with Gasteiger partial charge in [0, 0.05) is 76.0 Å². The molecule has 20 heteroatoms. The first-order valence-electron chi connectivity index (χ1n) is 51.0. The molecule has 0 saturated heterocycles. The Bertz CT molecular complexity index is 4180. The fraction of sp³-hybridized carbons (Fsp3) is 0.698. The summed E-state index contributed by atoms with van der Waals surface area (Å²) in [7, 11) is -7.86. The Morgan fingerprint density at radius 2 is 0.853 bits per heavy atom. The summed E-state index contributed by atoms with van der Waals surface area (Å²) in [5.41, 5.74) is 6.42. The van der Waals surface area contributed by atoms with Crippen molar-refractivity contribution < 1.29 is 65.3 Å². The number of carbonyl (C=O) groups is 6. The average Bonchev–Trinajstić information content (AvgIpc) is 0.766. The molecule has 5 N–H and O–H groups in total. The second kappa shape index (κ2) is 70.6. The van der Waals surface area contributed by atoms with E-state index in [9.17, 15) is 46.6 Å². The predicted octanol–water partition coefficient (Wildman–Crippen LogP) is 29.9. The number of benzene rings is 5. The number of unbranched alkanes of at least 4 members (excludes halogenated alkanes) is 16. The normalized spacial score (nSPS) is 16.0. The molecule has 776 valence electrons. The molecule has 4 aliphatic rings. The highest BCUT2D eigenvalue weighted by Crippen LogP contribution is 2.52. The van der Waals surface area contributed by atoms with Crippen LogP contribution in [-0.2, 0) is 73.6 Å². The molecule has 4 amide bonds. The minimum Gasteiger partial charge on any atom is -0.356 e. The molecule has 5 aromatic carbocycles. The minimum absolute atomic E-state index is 0. The molecule has 9 rings (SSSR count). The van der Waals surface area contributed by atoms with Crippen LogP contribution in [-0.4, -0.2) is 99.3 Å². The van der Waals surface area contributed by atoms with E-state index in [2.05, 4.69) is 219 Å². The van der Waals surface area contributed by atoms with Crippen molar-refractivity contribution in [1.82, 2.24) is 21.3 Å². The second-order valence-electron chi connectivity index (χ2n) is 43.9. The van der Waals surface area contributed by atoms with Crippen molar-refractivity contribution >= 4 is 69.8 Å². The van der Waals surface area contributed by atoms with Crippen LogP contribution in [0.1, 0.15) is 433 Å². The highest BCUT2D eigenvalue weighted by Gasteiger charge is 2.45. The zero-order valence-corrected chi connectivity index (χ0v) is 87.3. The van der Waals surface area contributed by atoms with Crippen LogP contribution in [0, 0.1) is 57.7 Å². The lowest BCUT2D eigenvalue weighted by Crippen LogP contribution is -2.45. The SMILES string of the molecule is C.C.C.C.CC(C)(C)CCNC(=O)CCC(=O)CS(=O)(=O)c1ccc2ccccc2c1.CC(C)(C)CCNC(=O)CCCCOP(=O)(O)OC1CCC(c2ccccc2)(c2ccccc2)CC1.CCCCCC1CC2CCC1CC2C(=O)NCCC(C)(C)C.CCCCCCCCCCCCCC(=O)NCCC(C)(C)C.Cc1ccc(CCCC(=O)CCCCCCC(C)(C)C)cc1.O=C=O. The molecular weight excluding hydrogens is 1740 g/mol. The highest BCUT2D eigenvalue weighted by molar-refractivity contribution is 7.92. The van der Waals surface area contributed by atoms with E-state index in [4.69, 9.17) is 18.6 Å². The first kappa shape index (κ1) is 131. The van der Waals surface area contributed by atoms with Crippen LogP contribution < -0.4 is 21.3 Å². The molecule has 136 heavy (non-hydrogen) atoms. The fourth-order valence-corrected chi connectivity index (χ4v) is 19.8. The highest BCUT2D eigenvalue weighted by atomic mass is 32.2. The maximum absolute atomic E-state index is 12.5. The number of amides is 4. The lowest BCUT2D eigenvalue weighted by atomic mass is 9.58. The number of carbonyl (C=O) groups excluding carboxylic acids is 8. The van der Waals surface area contributed by atoms with E-state index >= 15 is 0 Å². The van der Waals surface area contributed by atoms with Gasteiger partial charge in [-0.25, -0.2) is 13.0 Å². The molecule has 4 aliphatic carbocycles. The van der Waals surface area contributed by atoms with E-state index in [-0.39, 0.29) is 100 Å². The number of ketones is 2. The molecule has 4 fully saturated rings. The topological polar surface area (TPSA) is 275 Å². The summed E-state index contributed by atoms with van der Waals surface area (Å²) < 4.78 is 48.3. The quantitative estimate of drug-likeness (QED) is 0.0179. The Morgan fingerprint density at radius 3 is 1.32 bits per heavy atom. The number of phosphoric ester groups is 1. The fourth-order valence-electron chi connectivity index (χ4n) is 17.4. The standard InChI is InChI=1S/C29H42NO5P.C21H27NO4S.C21H34O.C20H37NO.C20H41NO.CO2.4CH4/c1-28(2,3)21-22-30-27(31)16-10-11-23-34-36(32,33)35-26-17-19-29(20-18-26,24-12-6-4-7-13-24)25-14-8-5-9-15-25;1-21(2,3)12-13-22-20(24)11-9-18(23)15-27(25,26)19-10-8-16-6-4-5-7-17(16)14-19;1-18-13-15-19(16-14-18)10-9-12-20(22)11-7-5-6-8-17-21(2,3)4;1-5-6-7-8-15-13-17-10-9-16(15)14-18(17)19(22)21-12-11-20(2,3)4;1-5-6-7-8-9-10-11-12-13-14-15-16-19(22)21-18-17-20(2,3)4;2-1-3;;;;/h4-9,12-15,26H,10-11,16-23H2,1-3H3,(H,30,31)(H,32,33);4-8,10,14H,9,11-13,15H2,1-3H3,(H,22,24);13-16H,5-12,17H2,1-4H3;15-18H,5-14H2,1-4H3,(H,21,22);5-18H2,1-4H3,(H,21,22);;4*1H4. The molecular formula is C116H197N4O14PS. The van der Waals surface area contributed by atoms with E-state index < -0.39 is 29.2 Å². The van der Waals surface area contributed by atoms with Crippen LogP contribution in [0.5, 0.6) is 0 Å². The van der Waals surface area contributed by atoms with Crippen molar-refractivity contribution in [2.24, 2.45) is 50.7 Å². The van der Waals surface area contributed by atoms with E-state index in [0.717, 1.165) is 113 Å². The van der Waals surface area contributed by atoms with Crippen molar-refractivity contribution in [3.05, 3.63) is 150 Å². The molecule has 0 radical (unpaired) electrons. The van der Waals surface area contributed by atoms with E-state index in [1.54, 1.807) is 12.1 Å². The Morgan fingerprint density at radius 1 is 0.441 bits per heavy atom. The number of rotatable bonds is 51. The number of hydrogen-bond acceptors (Lipinski definition) is 13. The number of fused-ring (bicyclic) bond motifs is 4. The zero-order chi connectivity index (χ0) is 98.1. The van der Waals surface area contributed by atoms with Gasteiger partial charge in [0.15, 0.2) is 9.84 Å². The maximum Gasteiger partial charge on any atom is 0.472 e. The summed E-state index contributed by atoms with van der Waals surface area (Å²) in [6.07, 6.45) is 44.0. The molecule has 0 spiro atoms. The van der Waals surface area contributed by atoms with Gasteiger partial charge in [-0.15, -0.1) is 0 Å². The zero-order valence-electron chi connectivity index (χ0n) is 85.6. The molecule has 18 nitrogen and oxygen atoms in total.